The Morgan fingerprint density at radius 2 is 1.71 bits per heavy atom. The number of ether oxygens (including phenoxy) is 1. The molecule has 116 valence electrons. The van der Waals surface area contributed by atoms with Gasteiger partial charge in [0, 0.05) is 12.5 Å². The first-order valence-electron chi connectivity index (χ1n) is 7.78. The molecule has 4 rings (SSSR count). The van der Waals surface area contributed by atoms with Gasteiger partial charge in [-0.2, -0.15) is 0 Å². The molecule has 4 saturated carbocycles. The first-order chi connectivity index (χ1) is 9.82. The van der Waals surface area contributed by atoms with E-state index in [4.69, 9.17) is 4.74 Å². The molecule has 1 N–H and O–H groups in total. The molecule has 21 heavy (non-hydrogen) atoms. The average molecular weight is 293 g/mol. The van der Waals surface area contributed by atoms with E-state index in [1.807, 2.05) is 0 Å². The minimum atomic E-state index is -0.484. The van der Waals surface area contributed by atoms with Gasteiger partial charge in [0.25, 0.3) is 0 Å². The van der Waals surface area contributed by atoms with Crippen LogP contribution in [0.25, 0.3) is 0 Å². The summed E-state index contributed by atoms with van der Waals surface area (Å²) in [7, 11) is 0. The average Bonchev–Trinajstić information content (AvgIpc) is 2.32. The van der Waals surface area contributed by atoms with Crippen molar-refractivity contribution in [2.45, 2.75) is 57.9 Å². The Labute approximate surface area is 124 Å². The molecule has 4 aliphatic carbocycles. The molecular formula is C16H23NO4. The second kappa shape index (κ2) is 4.82. The maximum absolute atomic E-state index is 12.5. The van der Waals surface area contributed by atoms with Gasteiger partial charge in [0.1, 0.15) is 6.61 Å². The topological polar surface area (TPSA) is 72.5 Å². The van der Waals surface area contributed by atoms with Gasteiger partial charge in [0.2, 0.25) is 5.91 Å². The Bertz CT molecular complexity index is 485. The molecule has 2 atom stereocenters. The molecule has 1 amide bonds. The maximum atomic E-state index is 12.5. The van der Waals surface area contributed by atoms with Crippen molar-refractivity contribution >= 4 is 17.7 Å². The zero-order valence-corrected chi connectivity index (χ0v) is 12.7. The van der Waals surface area contributed by atoms with E-state index in [9.17, 15) is 14.4 Å². The van der Waals surface area contributed by atoms with E-state index in [1.165, 1.54) is 6.92 Å². The maximum Gasteiger partial charge on any atom is 0.312 e. The first-order valence-corrected chi connectivity index (χ1v) is 7.78. The minimum Gasteiger partial charge on any atom is -0.457 e. The summed E-state index contributed by atoms with van der Waals surface area (Å²) in [6, 6.07) is 0. The Morgan fingerprint density at radius 3 is 2.24 bits per heavy atom. The Hall–Kier alpha value is -1.39. The summed E-state index contributed by atoms with van der Waals surface area (Å²) < 4.78 is 5.24. The molecule has 0 aliphatic heterocycles. The molecule has 5 heteroatoms. The zero-order chi connectivity index (χ0) is 15.3. The van der Waals surface area contributed by atoms with Crippen molar-refractivity contribution in [2.24, 2.45) is 17.3 Å². The van der Waals surface area contributed by atoms with Crippen molar-refractivity contribution in [3.63, 3.8) is 0 Å². The highest BCUT2D eigenvalue weighted by Gasteiger charge is 2.61. The predicted molar refractivity (Wildman–Crippen MR) is 75.3 cm³/mol. The number of hydrogen-bond acceptors (Lipinski definition) is 4. The monoisotopic (exact) mass is 293 g/mol. The SMILES string of the molecule is CC(=O)COC(=O)C12C[C@H]3C[C@@H](CC(NC(C)=O)(C3)C1)C2. The molecule has 4 fully saturated rings. The molecule has 4 bridgehead atoms. The minimum absolute atomic E-state index is 0.0239. The Kier molecular flexibility index (Phi) is 3.34. The van der Waals surface area contributed by atoms with E-state index >= 15 is 0 Å². The second-order valence-electron chi connectivity index (χ2n) is 7.48. The van der Waals surface area contributed by atoms with E-state index in [-0.39, 0.29) is 29.8 Å². The van der Waals surface area contributed by atoms with Crippen LogP contribution >= 0.6 is 0 Å². The Balaban J connectivity index is 1.81. The lowest BCUT2D eigenvalue weighted by atomic mass is 9.47. The standard InChI is InChI=1S/C16H23NO4/c1-10(18)8-21-14(20)15-4-12-3-13(5-15)7-16(6-12,9-15)17-11(2)19/h12-13H,3-9H2,1-2H3,(H,17,19)/t12-,13-,15?,16?/m1/s1. The molecule has 4 aliphatic rings. The number of amides is 1. The fourth-order valence-corrected chi connectivity index (χ4v) is 5.34. The van der Waals surface area contributed by atoms with E-state index in [0.717, 1.165) is 32.1 Å². The van der Waals surface area contributed by atoms with Crippen LogP contribution in [-0.4, -0.2) is 29.8 Å². The van der Waals surface area contributed by atoms with Crippen LogP contribution in [0.15, 0.2) is 0 Å². The van der Waals surface area contributed by atoms with Gasteiger partial charge in [0.05, 0.1) is 5.41 Å². The van der Waals surface area contributed by atoms with Crippen LogP contribution < -0.4 is 5.32 Å². The molecule has 0 saturated heterocycles. The fraction of sp³-hybridized carbons (Fsp3) is 0.812. The summed E-state index contributed by atoms with van der Waals surface area (Å²) in [5.41, 5.74) is -0.715. The number of carbonyl (C=O) groups excluding carboxylic acids is 3. The summed E-state index contributed by atoms with van der Waals surface area (Å²) in [4.78, 5) is 35.1. The molecule has 0 aromatic heterocycles. The number of rotatable bonds is 4. The van der Waals surface area contributed by atoms with Crippen LogP contribution in [0.2, 0.25) is 0 Å². The van der Waals surface area contributed by atoms with Gasteiger partial charge in [0.15, 0.2) is 5.78 Å². The van der Waals surface area contributed by atoms with Crippen molar-refractivity contribution in [1.29, 1.82) is 0 Å². The Morgan fingerprint density at radius 1 is 1.10 bits per heavy atom. The third kappa shape index (κ3) is 2.58. The second-order valence-corrected chi connectivity index (χ2v) is 7.48. The van der Waals surface area contributed by atoms with Crippen molar-refractivity contribution in [2.75, 3.05) is 6.61 Å². The van der Waals surface area contributed by atoms with Gasteiger partial charge in [-0.15, -0.1) is 0 Å². The highest BCUT2D eigenvalue weighted by molar-refractivity contribution is 5.83. The van der Waals surface area contributed by atoms with Crippen LogP contribution in [0.4, 0.5) is 0 Å². The number of nitrogens with one attached hydrogen (secondary N) is 1. The molecule has 0 spiro atoms. The van der Waals surface area contributed by atoms with Crippen molar-refractivity contribution < 1.29 is 19.1 Å². The largest absolute Gasteiger partial charge is 0.457 e. The molecule has 0 aromatic carbocycles. The van der Waals surface area contributed by atoms with E-state index < -0.39 is 5.41 Å². The number of carbonyl (C=O) groups is 3. The van der Waals surface area contributed by atoms with Crippen LogP contribution in [0, 0.1) is 17.3 Å². The van der Waals surface area contributed by atoms with Crippen LogP contribution in [0.3, 0.4) is 0 Å². The van der Waals surface area contributed by atoms with Crippen molar-refractivity contribution in [1.82, 2.24) is 5.32 Å². The fourth-order valence-electron chi connectivity index (χ4n) is 5.34. The summed E-state index contributed by atoms with van der Waals surface area (Å²) >= 11 is 0. The normalized spacial score (nSPS) is 39.9. The summed E-state index contributed by atoms with van der Waals surface area (Å²) in [5.74, 6) is 0.585. The van der Waals surface area contributed by atoms with Gasteiger partial charge in [-0.25, -0.2) is 0 Å². The highest BCUT2D eigenvalue weighted by Crippen LogP contribution is 2.62. The first kappa shape index (κ1) is 14.5. The van der Waals surface area contributed by atoms with Crippen LogP contribution in [0.1, 0.15) is 52.4 Å². The lowest BCUT2D eigenvalue weighted by molar-refractivity contribution is -0.176. The van der Waals surface area contributed by atoms with Gasteiger partial charge < -0.3 is 10.1 Å². The molecule has 5 nitrogen and oxygen atoms in total. The number of hydrogen-bond donors (Lipinski definition) is 1. The predicted octanol–water partition coefficient (Wildman–Crippen LogP) is 1.59. The smallest absolute Gasteiger partial charge is 0.312 e. The third-order valence-corrected chi connectivity index (χ3v) is 5.34. The lowest BCUT2D eigenvalue weighted by Crippen LogP contribution is -2.64. The van der Waals surface area contributed by atoms with Gasteiger partial charge in [-0.1, -0.05) is 0 Å². The van der Waals surface area contributed by atoms with E-state index in [2.05, 4.69) is 5.32 Å². The number of esters is 1. The van der Waals surface area contributed by atoms with Crippen molar-refractivity contribution in [3.8, 4) is 0 Å². The third-order valence-electron chi connectivity index (χ3n) is 5.34. The van der Waals surface area contributed by atoms with Crippen LogP contribution in [0.5, 0.6) is 0 Å². The summed E-state index contributed by atoms with van der Waals surface area (Å²) in [6.07, 6.45) is 5.48. The molecule has 0 radical (unpaired) electrons. The van der Waals surface area contributed by atoms with Gasteiger partial charge in [-0.05, 0) is 57.3 Å². The lowest BCUT2D eigenvalue weighted by Gasteiger charge is -2.60. The van der Waals surface area contributed by atoms with Crippen LogP contribution in [-0.2, 0) is 19.1 Å². The summed E-state index contributed by atoms with van der Waals surface area (Å²) in [5, 5.41) is 3.12. The van der Waals surface area contributed by atoms with E-state index in [1.54, 1.807) is 6.92 Å². The number of Topliss-reactive ketones (excluding diaryl/α,β-unsaturated/α-hetero) is 1. The zero-order valence-electron chi connectivity index (χ0n) is 12.7. The highest BCUT2D eigenvalue weighted by atomic mass is 16.5. The van der Waals surface area contributed by atoms with Gasteiger partial charge >= 0.3 is 5.97 Å². The molecule has 0 heterocycles. The van der Waals surface area contributed by atoms with Crippen molar-refractivity contribution in [3.05, 3.63) is 0 Å². The van der Waals surface area contributed by atoms with Gasteiger partial charge in [-0.3, -0.25) is 14.4 Å². The molecule has 0 unspecified atom stereocenters. The number of ketones is 1. The summed E-state index contributed by atoms with van der Waals surface area (Å²) in [6.45, 7) is 2.83. The molecular weight excluding hydrogens is 270 g/mol. The quantitative estimate of drug-likeness (QED) is 0.799. The molecule has 0 aromatic rings. The van der Waals surface area contributed by atoms with E-state index in [0.29, 0.717) is 18.3 Å².